The van der Waals surface area contributed by atoms with Gasteiger partial charge in [0.2, 0.25) is 17.7 Å². The second kappa shape index (κ2) is 6.51. The molecule has 1 fully saturated rings. The summed E-state index contributed by atoms with van der Waals surface area (Å²) in [7, 11) is 0. The van der Waals surface area contributed by atoms with Crippen LogP contribution < -0.4 is 15.4 Å². The molecule has 0 aliphatic carbocycles. The van der Waals surface area contributed by atoms with Gasteiger partial charge < -0.3 is 20.3 Å². The van der Waals surface area contributed by atoms with Gasteiger partial charge in [0.1, 0.15) is 0 Å². The molecule has 7 heteroatoms. The summed E-state index contributed by atoms with van der Waals surface area (Å²) in [5.41, 5.74) is 5.62. The Morgan fingerprint density at radius 1 is 1.45 bits per heavy atom. The van der Waals surface area contributed by atoms with E-state index in [9.17, 15) is 4.79 Å². The summed E-state index contributed by atoms with van der Waals surface area (Å²) < 4.78 is 5.37. The van der Waals surface area contributed by atoms with Gasteiger partial charge in [0.05, 0.1) is 12.6 Å². The third-order valence-corrected chi connectivity index (χ3v) is 3.17. The number of piperazine rings is 1. The monoisotopic (exact) mass is 279 g/mol. The van der Waals surface area contributed by atoms with Crippen LogP contribution in [0.25, 0.3) is 0 Å². The highest BCUT2D eigenvalue weighted by Crippen LogP contribution is 2.15. The molecule has 0 aromatic carbocycles. The summed E-state index contributed by atoms with van der Waals surface area (Å²) in [6.07, 6.45) is 1.69. The molecule has 1 aromatic heterocycles. The highest BCUT2D eigenvalue weighted by molar-refractivity contribution is 5.81. The molecule has 1 atom stereocenters. The summed E-state index contributed by atoms with van der Waals surface area (Å²) in [6, 6.07) is 1.29. The Kier molecular flexibility index (Phi) is 4.73. The van der Waals surface area contributed by atoms with Crippen LogP contribution >= 0.6 is 0 Å². The summed E-state index contributed by atoms with van der Waals surface area (Å²) in [5.74, 6) is 1.21. The summed E-state index contributed by atoms with van der Waals surface area (Å²) in [5, 5.41) is 0. The van der Waals surface area contributed by atoms with Crippen molar-refractivity contribution >= 4 is 11.9 Å². The van der Waals surface area contributed by atoms with Crippen LogP contribution in [-0.4, -0.2) is 59.6 Å². The van der Waals surface area contributed by atoms with E-state index in [-0.39, 0.29) is 5.91 Å². The third kappa shape index (κ3) is 3.36. The number of hydrogen-bond acceptors (Lipinski definition) is 6. The van der Waals surface area contributed by atoms with E-state index < -0.39 is 6.04 Å². The lowest BCUT2D eigenvalue weighted by Crippen LogP contribution is -2.52. The number of carbonyl (C=O) groups excluding carboxylic acids is 1. The molecule has 1 aromatic rings. The molecular weight excluding hydrogens is 258 g/mol. The van der Waals surface area contributed by atoms with E-state index >= 15 is 0 Å². The number of nitrogens with zero attached hydrogens (tertiary/aromatic N) is 4. The Labute approximate surface area is 118 Å². The third-order valence-electron chi connectivity index (χ3n) is 3.17. The van der Waals surface area contributed by atoms with E-state index in [1.807, 2.05) is 11.8 Å². The molecule has 1 aliphatic rings. The van der Waals surface area contributed by atoms with Gasteiger partial charge in [-0.25, -0.2) is 4.98 Å². The molecule has 1 amide bonds. The predicted molar refractivity (Wildman–Crippen MR) is 75.6 cm³/mol. The smallest absolute Gasteiger partial charge is 0.239 e. The number of hydrogen-bond donors (Lipinski definition) is 1. The zero-order chi connectivity index (χ0) is 14.5. The van der Waals surface area contributed by atoms with Crippen molar-refractivity contribution in [1.82, 2.24) is 14.9 Å². The Morgan fingerprint density at radius 3 is 2.75 bits per heavy atom. The number of nitrogens with two attached hydrogens (primary N) is 1. The van der Waals surface area contributed by atoms with Crippen molar-refractivity contribution in [3.05, 3.63) is 12.3 Å². The maximum Gasteiger partial charge on any atom is 0.239 e. The lowest BCUT2D eigenvalue weighted by Gasteiger charge is -2.35. The van der Waals surface area contributed by atoms with Gasteiger partial charge in [-0.3, -0.25) is 4.79 Å². The van der Waals surface area contributed by atoms with E-state index in [1.165, 1.54) is 0 Å². The maximum absolute atomic E-state index is 11.8. The minimum absolute atomic E-state index is 0.00589. The van der Waals surface area contributed by atoms with E-state index in [2.05, 4.69) is 9.97 Å². The zero-order valence-electron chi connectivity index (χ0n) is 12.0. The van der Waals surface area contributed by atoms with Crippen LogP contribution in [-0.2, 0) is 4.79 Å². The number of aromatic nitrogens is 2. The molecule has 1 unspecified atom stereocenters. The number of rotatable bonds is 4. The Morgan fingerprint density at radius 2 is 2.15 bits per heavy atom. The molecule has 0 spiro atoms. The van der Waals surface area contributed by atoms with Crippen molar-refractivity contribution in [2.24, 2.45) is 5.73 Å². The van der Waals surface area contributed by atoms with Crippen molar-refractivity contribution in [1.29, 1.82) is 0 Å². The van der Waals surface area contributed by atoms with Crippen molar-refractivity contribution in [3.8, 4) is 5.88 Å². The molecule has 2 N–H and O–H groups in total. The Balaban J connectivity index is 1.96. The van der Waals surface area contributed by atoms with Crippen molar-refractivity contribution in [2.45, 2.75) is 19.9 Å². The van der Waals surface area contributed by atoms with Gasteiger partial charge in [-0.2, -0.15) is 4.98 Å². The molecule has 1 saturated heterocycles. The van der Waals surface area contributed by atoms with E-state index in [0.717, 1.165) is 0 Å². The van der Waals surface area contributed by atoms with Gasteiger partial charge in [-0.05, 0) is 13.8 Å². The average Bonchev–Trinajstić information content (AvgIpc) is 2.47. The zero-order valence-corrected chi connectivity index (χ0v) is 12.0. The first-order valence-corrected chi connectivity index (χ1v) is 6.87. The first kappa shape index (κ1) is 14.5. The molecule has 110 valence electrons. The highest BCUT2D eigenvalue weighted by Gasteiger charge is 2.24. The number of anilines is 1. The average molecular weight is 279 g/mol. The Bertz CT molecular complexity index is 458. The molecule has 20 heavy (non-hydrogen) atoms. The van der Waals surface area contributed by atoms with Crippen molar-refractivity contribution in [2.75, 3.05) is 37.7 Å². The van der Waals surface area contributed by atoms with Crippen molar-refractivity contribution in [3.63, 3.8) is 0 Å². The standard InChI is InChI=1S/C13H21N5O2/c1-3-20-11-4-5-15-13(16-11)18-8-6-17(7-9-18)12(19)10(2)14/h4-5,10H,3,6-9,14H2,1-2H3. The van der Waals surface area contributed by atoms with E-state index in [4.69, 9.17) is 10.5 Å². The predicted octanol–water partition coefficient (Wildman–Crippen LogP) is -0.129. The van der Waals surface area contributed by atoms with E-state index in [1.54, 1.807) is 24.1 Å². The van der Waals surface area contributed by atoms with Crippen LogP contribution in [0, 0.1) is 0 Å². The van der Waals surface area contributed by atoms with Crippen LogP contribution in [0.4, 0.5) is 5.95 Å². The Hall–Kier alpha value is -1.89. The van der Waals surface area contributed by atoms with Gasteiger partial charge >= 0.3 is 0 Å². The van der Waals surface area contributed by atoms with Crippen LogP contribution in [0.1, 0.15) is 13.8 Å². The summed E-state index contributed by atoms with van der Waals surface area (Å²) >= 11 is 0. The first-order valence-electron chi connectivity index (χ1n) is 6.87. The van der Waals surface area contributed by atoms with Gasteiger partial charge in [-0.1, -0.05) is 0 Å². The fourth-order valence-corrected chi connectivity index (χ4v) is 2.13. The van der Waals surface area contributed by atoms with Crippen LogP contribution in [0.5, 0.6) is 5.88 Å². The highest BCUT2D eigenvalue weighted by atomic mass is 16.5. The van der Waals surface area contributed by atoms with Gasteiger partial charge in [0, 0.05) is 38.4 Å². The molecule has 7 nitrogen and oxygen atoms in total. The molecule has 2 rings (SSSR count). The summed E-state index contributed by atoms with van der Waals surface area (Å²) in [4.78, 5) is 24.3. The fraction of sp³-hybridized carbons (Fsp3) is 0.615. The van der Waals surface area contributed by atoms with Crippen LogP contribution in [0.15, 0.2) is 12.3 Å². The molecular formula is C13H21N5O2. The lowest BCUT2D eigenvalue weighted by molar-refractivity contribution is -0.132. The minimum atomic E-state index is -0.445. The molecule has 0 radical (unpaired) electrons. The SMILES string of the molecule is CCOc1ccnc(N2CCN(C(=O)C(C)N)CC2)n1. The van der Waals surface area contributed by atoms with E-state index in [0.29, 0.717) is 44.6 Å². The number of carbonyl (C=O) groups is 1. The normalized spacial score (nSPS) is 16.9. The van der Waals surface area contributed by atoms with Crippen molar-refractivity contribution < 1.29 is 9.53 Å². The first-order chi connectivity index (χ1) is 9.61. The molecule has 2 heterocycles. The van der Waals surface area contributed by atoms with Crippen LogP contribution in [0.3, 0.4) is 0 Å². The summed E-state index contributed by atoms with van der Waals surface area (Å²) in [6.45, 7) is 6.89. The van der Waals surface area contributed by atoms with Gasteiger partial charge in [0.15, 0.2) is 0 Å². The number of ether oxygens (including phenoxy) is 1. The molecule has 0 saturated carbocycles. The topological polar surface area (TPSA) is 84.6 Å². The van der Waals surface area contributed by atoms with Crippen LogP contribution in [0.2, 0.25) is 0 Å². The maximum atomic E-state index is 11.8. The minimum Gasteiger partial charge on any atom is -0.478 e. The largest absolute Gasteiger partial charge is 0.478 e. The molecule has 0 bridgehead atoms. The quantitative estimate of drug-likeness (QED) is 0.826. The van der Waals surface area contributed by atoms with Gasteiger partial charge in [0.25, 0.3) is 0 Å². The molecule has 1 aliphatic heterocycles. The lowest BCUT2D eigenvalue weighted by atomic mass is 10.2. The second-order valence-electron chi connectivity index (χ2n) is 4.73. The second-order valence-corrected chi connectivity index (χ2v) is 4.73. The van der Waals surface area contributed by atoms with Gasteiger partial charge in [-0.15, -0.1) is 0 Å². The number of amides is 1. The fourth-order valence-electron chi connectivity index (χ4n) is 2.13.